The zero-order chi connectivity index (χ0) is 14.7. The highest BCUT2D eigenvalue weighted by molar-refractivity contribution is 9.10. The van der Waals surface area contributed by atoms with Gasteiger partial charge in [0.1, 0.15) is 5.01 Å². The number of nitrogens with zero attached hydrogens (tertiary/aromatic N) is 2. The largest absolute Gasteiger partial charge is 0.399 e. The molecule has 0 fully saturated rings. The average molecular weight is 355 g/mol. The Kier molecular flexibility index (Phi) is 4.72. The number of hydrogen-bond donors (Lipinski definition) is 2. The Morgan fingerprint density at radius 3 is 2.90 bits per heavy atom. The smallest absolute Gasteiger partial charge is 0.258 e. The van der Waals surface area contributed by atoms with E-state index in [4.69, 9.17) is 5.73 Å². The van der Waals surface area contributed by atoms with E-state index >= 15 is 0 Å². The number of benzene rings is 1. The van der Waals surface area contributed by atoms with Crippen molar-refractivity contribution in [1.82, 2.24) is 10.2 Å². The maximum absolute atomic E-state index is 12.2. The molecule has 1 aromatic carbocycles. The first-order valence-electron chi connectivity index (χ1n) is 6.14. The lowest BCUT2D eigenvalue weighted by Gasteiger charge is -2.04. The van der Waals surface area contributed by atoms with E-state index < -0.39 is 0 Å². The molecule has 1 heterocycles. The number of amides is 1. The van der Waals surface area contributed by atoms with E-state index in [1.807, 2.05) is 0 Å². The standard InChI is InChI=1S/C13H15BrN4OS/c1-7(2)5-11-17-18-13(20-11)16-12(19)9-6-8(15)3-4-10(9)14/h3-4,6-7H,5,15H2,1-2H3,(H,16,18,19). The van der Waals surface area contributed by atoms with Crippen molar-refractivity contribution in [2.24, 2.45) is 5.92 Å². The molecular formula is C13H15BrN4OS. The van der Waals surface area contributed by atoms with Crippen LogP contribution in [0.5, 0.6) is 0 Å². The molecule has 1 aromatic heterocycles. The second-order valence-corrected chi connectivity index (χ2v) is 6.71. The summed E-state index contributed by atoms with van der Waals surface area (Å²) >= 11 is 4.73. The molecule has 7 heteroatoms. The molecule has 3 N–H and O–H groups in total. The van der Waals surface area contributed by atoms with Gasteiger partial charge in [-0.1, -0.05) is 25.2 Å². The summed E-state index contributed by atoms with van der Waals surface area (Å²) < 4.78 is 0.691. The molecule has 1 amide bonds. The van der Waals surface area contributed by atoms with Gasteiger partial charge in [-0.3, -0.25) is 10.1 Å². The average Bonchev–Trinajstić information content (AvgIpc) is 2.78. The van der Waals surface area contributed by atoms with Gasteiger partial charge in [0.25, 0.3) is 5.91 Å². The molecule has 0 radical (unpaired) electrons. The van der Waals surface area contributed by atoms with Crippen LogP contribution in [-0.2, 0) is 6.42 Å². The maximum Gasteiger partial charge on any atom is 0.258 e. The fourth-order valence-electron chi connectivity index (χ4n) is 1.62. The highest BCUT2D eigenvalue weighted by Gasteiger charge is 2.13. The second kappa shape index (κ2) is 6.32. The van der Waals surface area contributed by atoms with Gasteiger partial charge in [0, 0.05) is 16.6 Å². The molecule has 0 unspecified atom stereocenters. The van der Waals surface area contributed by atoms with Crippen LogP contribution in [0.2, 0.25) is 0 Å². The van der Waals surface area contributed by atoms with E-state index in [2.05, 4.69) is 45.3 Å². The number of hydrogen-bond acceptors (Lipinski definition) is 5. The molecular weight excluding hydrogens is 340 g/mol. The molecule has 2 rings (SSSR count). The lowest BCUT2D eigenvalue weighted by atomic mass is 10.1. The zero-order valence-corrected chi connectivity index (χ0v) is 13.6. The van der Waals surface area contributed by atoms with Crippen LogP contribution in [-0.4, -0.2) is 16.1 Å². The van der Waals surface area contributed by atoms with Crippen molar-refractivity contribution in [1.29, 1.82) is 0 Å². The third-order valence-corrected chi connectivity index (χ3v) is 4.06. The van der Waals surface area contributed by atoms with Crippen LogP contribution in [0.25, 0.3) is 0 Å². The van der Waals surface area contributed by atoms with Crippen molar-refractivity contribution >= 4 is 44.0 Å². The number of nitrogen functional groups attached to an aromatic ring is 1. The highest BCUT2D eigenvalue weighted by atomic mass is 79.9. The summed E-state index contributed by atoms with van der Waals surface area (Å²) in [6.07, 6.45) is 0.857. The number of rotatable bonds is 4. The van der Waals surface area contributed by atoms with Gasteiger partial charge in [-0.2, -0.15) is 0 Å². The number of anilines is 2. The fraction of sp³-hybridized carbons (Fsp3) is 0.308. The molecule has 0 saturated carbocycles. The molecule has 0 atom stereocenters. The topological polar surface area (TPSA) is 80.9 Å². The van der Waals surface area contributed by atoms with E-state index in [0.717, 1.165) is 11.4 Å². The van der Waals surface area contributed by atoms with Gasteiger partial charge in [-0.05, 0) is 40.0 Å². The van der Waals surface area contributed by atoms with Crippen molar-refractivity contribution in [3.63, 3.8) is 0 Å². The lowest BCUT2D eigenvalue weighted by molar-refractivity contribution is 0.102. The van der Waals surface area contributed by atoms with Crippen molar-refractivity contribution in [2.45, 2.75) is 20.3 Å². The zero-order valence-electron chi connectivity index (χ0n) is 11.2. The van der Waals surface area contributed by atoms with Gasteiger partial charge < -0.3 is 5.73 Å². The summed E-state index contributed by atoms with van der Waals surface area (Å²) in [6, 6.07) is 5.09. The number of nitrogens with two attached hydrogens (primary N) is 1. The molecule has 20 heavy (non-hydrogen) atoms. The van der Waals surface area contributed by atoms with Gasteiger partial charge in [-0.15, -0.1) is 10.2 Å². The second-order valence-electron chi connectivity index (χ2n) is 4.79. The van der Waals surface area contributed by atoms with Crippen molar-refractivity contribution in [3.8, 4) is 0 Å². The van der Waals surface area contributed by atoms with Crippen molar-refractivity contribution in [2.75, 3.05) is 11.1 Å². The van der Waals surface area contributed by atoms with Crippen molar-refractivity contribution < 1.29 is 4.79 Å². The number of aromatic nitrogens is 2. The Bertz CT molecular complexity index is 627. The molecule has 0 aliphatic carbocycles. The van der Waals surface area contributed by atoms with E-state index in [-0.39, 0.29) is 5.91 Å². The number of carbonyl (C=O) groups is 1. The molecule has 2 aromatic rings. The summed E-state index contributed by atoms with van der Waals surface area (Å²) in [6.45, 7) is 4.23. The van der Waals surface area contributed by atoms with Gasteiger partial charge in [0.05, 0.1) is 5.56 Å². The number of carbonyl (C=O) groups excluding carboxylic acids is 1. The lowest BCUT2D eigenvalue weighted by Crippen LogP contribution is -2.12. The normalized spacial score (nSPS) is 10.8. The summed E-state index contributed by atoms with van der Waals surface area (Å²) in [7, 11) is 0. The molecule has 106 valence electrons. The quantitative estimate of drug-likeness (QED) is 0.825. The van der Waals surface area contributed by atoms with Gasteiger partial charge in [0.2, 0.25) is 5.13 Å². The minimum Gasteiger partial charge on any atom is -0.399 e. The number of nitrogens with one attached hydrogen (secondary N) is 1. The Morgan fingerprint density at radius 2 is 2.20 bits per heavy atom. The number of halogens is 1. The van der Waals surface area contributed by atoms with Crippen LogP contribution in [0.4, 0.5) is 10.8 Å². The molecule has 0 bridgehead atoms. The monoisotopic (exact) mass is 354 g/mol. The fourth-order valence-corrected chi connectivity index (χ4v) is 2.99. The molecule has 0 aliphatic heterocycles. The van der Waals surface area contributed by atoms with Crippen LogP contribution < -0.4 is 11.1 Å². The first-order valence-corrected chi connectivity index (χ1v) is 7.75. The Hall–Kier alpha value is -1.47. The Balaban J connectivity index is 2.11. The third-order valence-electron chi connectivity index (χ3n) is 2.51. The Labute approximate surface area is 129 Å². The van der Waals surface area contributed by atoms with Crippen LogP contribution in [0, 0.1) is 5.92 Å². The minimum absolute atomic E-state index is 0.253. The van der Waals surface area contributed by atoms with Crippen LogP contribution in [0.15, 0.2) is 22.7 Å². The first-order chi connectivity index (χ1) is 9.45. The molecule has 0 aliphatic rings. The van der Waals surface area contributed by atoms with E-state index in [9.17, 15) is 4.79 Å². The van der Waals surface area contributed by atoms with Gasteiger partial charge in [-0.25, -0.2) is 0 Å². The summed E-state index contributed by atoms with van der Waals surface area (Å²) in [4.78, 5) is 12.2. The van der Waals surface area contributed by atoms with Crippen molar-refractivity contribution in [3.05, 3.63) is 33.2 Å². The van der Waals surface area contributed by atoms with E-state index in [1.54, 1.807) is 18.2 Å². The van der Waals surface area contributed by atoms with Crippen LogP contribution in [0.1, 0.15) is 29.2 Å². The van der Waals surface area contributed by atoms with Crippen LogP contribution in [0.3, 0.4) is 0 Å². The molecule has 5 nitrogen and oxygen atoms in total. The highest BCUT2D eigenvalue weighted by Crippen LogP contribution is 2.23. The summed E-state index contributed by atoms with van der Waals surface area (Å²) in [5, 5.41) is 12.2. The summed E-state index contributed by atoms with van der Waals surface area (Å²) in [5.41, 5.74) is 6.71. The maximum atomic E-state index is 12.2. The summed E-state index contributed by atoms with van der Waals surface area (Å²) in [5.74, 6) is 0.256. The first kappa shape index (κ1) is 14.9. The van der Waals surface area contributed by atoms with E-state index in [0.29, 0.717) is 26.8 Å². The van der Waals surface area contributed by atoms with Gasteiger partial charge >= 0.3 is 0 Å². The molecule has 0 spiro atoms. The van der Waals surface area contributed by atoms with E-state index in [1.165, 1.54) is 11.3 Å². The third kappa shape index (κ3) is 3.77. The predicted molar refractivity (Wildman–Crippen MR) is 85.0 cm³/mol. The SMILES string of the molecule is CC(C)Cc1nnc(NC(=O)c2cc(N)ccc2Br)s1. The van der Waals surface area contributed by atoms with Crippen LogP contribution >= 0.6 is 27.3 Å². The Morgan fingerprint density at radius 1 is 1.45 bits per heavy atom. The predicted octanol–water partition coefficient (Wildman–Crippen LogP) is 3.33. The minimum atomic E-state index is -0.253. The molecule has 0 saturated heterocycles. The van der Waals surface area contributed by atoms with Gasteiger partial charge in [0.15, 0.2) is 0 Å².